The number of amides is 1. The normalized spacial score (nSPS) is 19.0. The van der Waals surface area contributed by atoms with Gasteiger partial charge in [0.2, 0.25) is 5.91 Å². The van der Waals surface area contributed by atoms with Crippen molar-refractivity contribution in [1.29, 1.82) is 0 Å². The quantitative estimate of drug-likeness (QED) is 0.832. The average molecular weight is 296 g/mol. The van der Waals surface area contributed by atoms with Gasteiger partial charge in [-0.25, -0.2) is 0 Å². The van der Waals surface area contributed by atoms with Crippen molar-refractivity contribution in [2.45, 2.75) is 32.4 Å². The summed E-state index contributed by atoms with van der Waals surface area (Å²) in [6, 6.07) is 1.77. The van der Waals surface area contributed by atoms with Crippen molar-refractivity contribution in [2.75, 3.05) is 20.2 Å². The molecule has 1 saturated heterocycles. The lowest BCUT2D eigenvalue weighted by atomic mass is 10.2. The van der Waals surface area contributed by atoms with E-state index in [4.69, 9.17) is 4.74 Å². The lowest BCUT2D eigenvalue weighted by Gasteiger charge is -2.21. The van der Waals surface area contributed by atoms with Crippen molar-refractivity contribution in [3.8, 4) is 0 Å². The van der Waals surface area contributed by atoms with Crippen LogP contribution in [-0.2, 0) is 20.9 Å². The van der Waals surface area contributed by atoms with Crippen LogP contribution >= 0.6 is 11.3 Å². The number of likely N-dealkylation sites (tertiary alicyclic amines) is 1. The third kappa shape index (κ3) is 3.58. The monoisotopic (exact) mass is 296 g/mol. The number of hydrogen-bond acceptors (Lipinski definition) is 5. The van der Waals surface area contributed by atoms with Crippen LogP contribution in [0.3, 0.4) is 0 Å². The molecular weight excluding hydrogens is 276 g/mol. The Morgan fingerprint density at radius 2 is 2.35 bits per heavy atom. The van der Waals surface area contributed by atoms with E-state index in [9.17, 15) is 9.59 Å². The highest BCUT2D eigenvalue weighted by atomic mass is 32.1. The lowest BCUT2D eigenvalue weighted by Crippen LogP contribution is -2.43. The minimum Gasteiger partial charge on any atom is -0.468 e. The number of nitrogens with zero attached hydrogens (tertiary/aromatic N) is 1. The number of aryl methyl sites for hydroxylation is 1. The van der Waals surface area contributed by atoms with Gasteiger partial charge in [-0.05, 0) is 43.3 Å². The minimum atomic E-state index is -0.269. The second-order valence-electron chi connectivity index (χ2n) is 4.96. The van der Waals surface area contributed by atoms with E-state index in [2.05, 4.69) is 5.32 Å². The van der Waals surface area contributed by atoms with Crippen LogP contribution < -0.4 is 5.32 Å². The van der Waals surface area contributed by atoms with Crippen molar-refractivity contribution < 1.29 is 14.3 Å². The summed E-state index contributed by atoms with van der Waals surface area (Å²) >= 11 is 1.64. The molecule has 0 aliphatic carbocycles. The van der Waals surface area contributed by atoms with Crippen molar-refractivity contribution in [3.63, 3.8) is 0 Å². The topological polar surface area (TPSA) is 58.6 Å². The van der Waals surface area contributed by atoms with Crippen LogP contribution in [-0.4, -0.2) is 43.0 Å². The van der Waals surface area contributed by atoms with E-state index in [1.807, 2.05) is 23.3 Å². The second-order valence-corrected chi connectivity index (χ2v) is 5.96. The number of nitrogens with one attached hydrogen (secondary N) is 1. The van der Waals surface area contributed by atoms with E-state index < -0.39 is 0 Å². The molecule has 1 N–H and O–H groups in total. The number of rotatable bonds is 5. The Bertz CT molecular complexity index is 487. The van der Waals surface area contributed by atoms with Gasteiger partial charge in [-0.3, -0.25) is 14.5 Å². The minimum absolute atomic E-state index is 0.0476. The van der Waals surface area contributed by atoms with E-state index in [1.165, 1.54) is 17.6 Å². The fourth-order valence-electron chi connectivity index (χ4n) is 2.42. The predicted molar refractivity (Wildman–Crippen MR) is 77.5 cm³/mol. The maximum atomic E-state index is 12.0. The highest BCUT2D eigenvalue weighted by Gasteiger charge is 2.32. The number of hydrogen-bond donors (Lipinski definition) is 1. The maximum Gasteiger partial charge on any atom is 0.323 e. The Kier molecular flexibility index (Phi) is 5.14. The van der Waals surface area contributed by atoms with Crippen molar-refractivity contribution in [1.82, 2.24) is 10.2 Å². The van der Waals surface area contributed by atoms with Crippen LogP contribution in [0.4, 0.5) is 0 Å². The van der Waals surface area contributed by atoms with Gasteiger partial charge in [-0.2, -0.15) is 0 Å². The summed E-state index contributed by atoms with van der Waals surface area (Å²) in [7, 11) is 1.39. The summed E-state index contributed by atoms with van der Waals surface area (Å²) < 4.78 is 4.77. The molecule has 0 saturated carbocycles. The van der Waals surface area contributed by atoms with E-state index in [0.717, 1.165) is 19.4 Å². The van der Waals surface area contributed by atoms with Gasteiger partial charge in [-0.1, -0.05) is 0 Å². The molecule has 5 nitrogen and oxygen atoms in total. The Hall–Kier alpha value is -1.40. The summed E-state index contributed by atoms with van der Waals surface area (Å²) in [6.45, 7) is 3.61. The van der Waals surface area contributed by atoms with Gasteiger partial charge in [0.25, 0.3) is 0 Å². The Morgan fingerprint density at radius 1 is 1.55 bits per heavy atom. The molecule has 0 spiro atoms. The Labute approximate surface area is 122 Å². The van der Waals surface area contributed by atoms with Crippen LogP contribution in [0.15, 0.2) is 11.4 Å². The molecule has 0 radical (unpaired) electrons. The summed E-state index contributed by atoms with van der Waals surface area (Å²) in [4.78, 5) is 26.6. The molecule has 2 heterocycles. The van der Waals surface area contributed by atoms with E-state index >= 15 is 0 Å². The van der Waals surface area contributed by atoms with Crippen molar-refractivity contribution in [3.05, 3.63) is 21.9 Å². The molecule has 0 aromatic carbocycles. The highest BCUT2D eigenvalue weighted by Crippen LogP contribution is 2.18. The third-order valence-electron chi connectivity index (χ3n) is 3.60. The molecule has 2 rings (SSSR count). The molecule has 1 aromatic rings. The van der Waals surface area contributed by atoms with Gasteiger partial charge in [-0.15, -0.1) is 11.3 Å². The van der Waals surface area contributed by atoms with E-state index in [0.29, 0.717) is 6.54 Å². The van der Waals surface area contributed by atoms with Crippen LogP contribution in [0.5, 0.6) is 0 Å². The Morgan fingerprint density at radius 3 is 3.00 bits per heavy atom. The van der Waals surface area contributed by atoms with Crippen LogP contribution in [0.1, 0.15) is 23.3 Å². The summed E-state index contributed by atoms with van der Waals surface area (Å²) in [5, 5.41) is 4.93. The molecule has 1 amide bonds. The molecule has 110 valence electrons. The molecule has 1 unspecified atom stereocenters. The standard InChI is InChI=1S/C14H20N2O3S/c1-10-5-7-20-12(10)8-15-13(17)9-16-6-3-4-11(16)14(18)19-2/h5,7,11H,3-4,6,8-9H2,1-2H3,(H,15,17). The average Bonchev–Trinajstić information content (AvgIpc) is 3.05. The van der Waals surface area contributed by atoms with Gasteiger partial charge in [0.15, 0.2) is 0 Å². The van der Waals surface area contributed by atoms with Gasteiger partial charge >= 0.3 is 5.97 Å². The number of ether oxygens (including phenoxy) is 1. The molecule has 1 atom stereocenters. The van der Waals surface area contributed by atoms with Gasteiger partial charge in [0, 0.05) is 4.88 Å². The predicted octanol–water partition coefficient (Wildman–Crippen LogP) is 1.31. The smallest absolute Gasteiger partial charge is 0.323 e. The molecule has 1 aromatic heterocycles. The molecule has 1 aliphatic heterocycles. The number of esters is 1. The van der Waals surface area contributed by atoms with Crippen molar-refractivity contribution >= 4 is 23.2 Å². The largest absolute Gasteiger partial charge is 0.468 e. The number of methoxy groups -OCH3 is 1. The molecule has 20 heavy (non-hydrogen) atoms. The van der Waals surface area contributed by atoms with E-state index in [1.54, 1.807) is 11.3 Å². The fraction of sp³-hybridized carbons (Fsp3) is 0.571. The maximum absolute atomic E-state index is 12.0. The fourth-order valence-corrected chi connectivity index (χ4v) is 3.27. The number of thiophene rings is 1. The molecule has 1 aliphatic rings. The first-order valence-corrected chi connectivity index (χ1v) is 7.61. The summed E-state index contributed by atoms with van der Waals surface area (Å²) in [6.07, 6.45) is 1.70. The van der Waals surface area contributed by atoms with E-state index in [-0.39, 0.29) is 24.5 Å². The number of carbonyl (C=O) groups excluding carboxylic acids is 2. The summed E-state index contributed by atoms with van der Waals surface area (Å²) in [5.74, 6) is -0.294. The first kappa shape index (κ1) is 15.0. The van der Waals surface area contributed by atoms with Gasteiger partial charge < -0.3 is 10.1 Å². The van der Waals surface area contributed by atoms with Crippen molar-refractivity contribution in [2.24, 2.45) is 0 Å². The molecule has 1 fully saturated rings. The Balaban J connectivity index is 1.82. The zero-order chi connectivity index (χ0) is 14.5. The van der Waals surface area contributed by atoms with Gasteiger partial charge in [0.1, 0.15) is 6.04 Å². The van der Waals surface area contributed by atoms with Crippen LogP contribution in [0.25, 0.3) is 0 Å². The molecule has 0 bridgehead atoms. The van der Waals surface area contributed by atoms with Crippen LogP contribution in [0, 0.1) is 6.92 Å². The molecule has 6 heteroatoms. The van der Waals surface area contributed by atoms with Crippen LogP contribution in [0.2, 0.25) is 0 Å². The summed E-state index contributed by atoms with van der Waals surface area (Å²) in [5.41, 5.74) is 1.20. The second kappa shape index (κ2) is 6.85. The zero-order valence-corrected chi connectivity index (χ0v) is 12.7. The highest BCUT2D eigenvalue weighted by molar-refractivity contribution is 7.10. The third-order valence-corrected chi connectivity index (χ3v) is 4.62. The molecular formula is C14H20N2O3S. The SMILES string of the molecule is COC(=O)C1CCCN1CC(=O)NCc1sccc1C. The van der Waals surface area contributed by atoms with Gasteiger partial charge in [0.05, 0.1) is 20.2 Å². The zero-order valence-electron chi connectivity index (χ0n) is 11.8. The first-order valence-electron chi connectivity index (χ1n) is 6.73. The number of carbonyl (C=O) groups is 2. The lowest BCUT2D eigenvalue weighted by molar-refractivity contribution is -0.146. The first-order chi connectivity index (χ1) is 9.61.